The van der Waals surface area contributed by atoms with Crippen LogP contribution in [-0.2, 0) is 24.2 Å². The van der Waals surface area contributed by atoms with E-state index in [1.54, 1.807) is 0 Å². The van der Waals surface area contributed by atoms with Crippen molar-refractivity contribution >= 4 is 0 Å². The highest BCUT2D eigenvalue weighted by atomic mass is 16.5. The van der Waals surface area contributed by atoms with Crippen LogP contribution in [0.1, 0.15) is 32.5 Å². The lowest BCUT2D eigenvalue weighted by atomic mass is 10.4. The lowest BCUT2D eigenvalue weighted by Gasteiger charge is -2.02. The smallest absolute Gasteiger partial charge is 0.256 e. The van der Waals surface area contributed by atoms with E-state index in [2.05, 4.69) is 34.5 Å². The van der Waals surface area contributed by atoms with Crippen molar-refractivity contribution in [1.82, 2.24) is 4.57 Å². The van der Waals surface area contributed by atoms with Crippen LogP contribution in [0.3, 0.4) is 0 Å². The zero-order valence-electron chi connectivity index (χ0n) is 10.9. The van der Waals surface area contributed by atoms with E-state index in [0.29, 0.717) is 6.42 Å². The van der Waals surface area contributed by atoms with Crippen LogP contribution in [-0.4, -0.2) is 17.8 Å². The summed E-state index contributed by atoms with van der Waals surface area (Å²) in [5.74, 6) is 1.29. The molecule has 94 valence electrons. The first-order valence-corrected chi connectivity index (χ1v) is 6.35. The fourth-order valence-corrected chi connectivity index (χ4v) is 1.96. The molecule has 1 aromatic rings. The van der Waals surface area contributed by atoms with Gasteiger partial charge in [0.2, 0.25) is 0 Å². The molecule has 0 N–H and O–H groups in total. The first kappa shape index (κ1) is 13.7. The standard InChI is InChI=1S/C13H22N3O/c1-3-13-15(8-5-7-14)10-11-16(13)9-6-12-17-4-2/h10-11H,3-6,8-9,12H2,1-2H3/q+1. The van der Waals surface area contributed by atoms with Gasteiger partial charge in [-0.1, -0.05) is 6.92 Å². The second-order valence-electron chi connectivity index (χ2n) is 3.91. The Morgan fingerprint density at radius 1 is 1.47 bits per heavy atom. The molecule has 0 amide bonds. The Morgan fingerprint density at radius 3 is 2.94 bits per heavy atom. The predicted molar refractivity (Wildman–Crippen MR) is 65.3 cm³/mol. The summed E-state index contributed by atoms with van der Waals surface area (Å²) in [6, 6.07) is 2.19. The zero-order chi connectivity index (χ0) is 12.5. The number of ether oxygens (including phenoxy) is 1. The zero-order valence-corrected chi connectivity index (χ0v) is 10.9. The molecule has 4 heteroatoms. The van der Waals surface area contributed by atoms with Gasteiger partial charge in [0, 0.05) is 19.4 Å². The van der Waals surface area contributed by atoms with Crippen LogP contribution in [0.5, 0.6) is 0 Å². The first-order valence-electron chi connectivity index (χ1n) is 6.35. The lowest BCUT2D eigenvalue weighted by molar-refractivity contribution is -0.702. The molecule has 0 atom stereocenters. The normalized spacial score (nSPS) is 10.4. The highest BCUT2D eigenvalue weighted by Crippen LogP contribution is 2.00. The number of hydrogen-bond acceptors (Lipinski definition) is 2. The quantitative estimate of drug-likeness (QED) is 0.509. The minimum Gasteiger partial charge on any atom is -0.382 e. The minimum absolute atomic E-state index is 0.570. The summed E-state index contributed by atoms with van der Waals surface area (Å²) >= 11 is 0. The van der Waals surface area contributed by atoms with Gasteiger partial charge < -0.3 is 4.74 Å². The average Bonchev–Trinajstić information content (AvgIpc) is 2.74. The molecule has 0 radical (unpaired) electrons. The summed E-state index contributed by atoms with van der Waals surface area (Å²) in [5, 5.41) is 8.61. The number of nitrogens with zero attached hydrogens (tertiary/aromatic N) is 3. The van der Waals surface area contributed by atoms with Crippen LogP contribution >= 0.6 is 0 Å². The van der Waals surface area contributed by atoms with Gasteiger partial charge in [0.05, 0.1) is 25.6 Å². The van der Waals surface area contributed by atoms with Gasteiger partial charge in [-0.05, 0) is 6.92 Å². The van der Waals surface area contributed by atoms with E-state index in [9.17, 15) is 0 Å². The summed E-state index contributed by atoms with van der Waals surface area (Å²) in [6.07, 6.45) is 6.76. The number of imidazole rings is 1. The van der Waals surface area contributed by atoms with Crippen molar-refractivity contribution in [3.8, 4) is 6.07 Å². The molecule has 4 nitrogen and oxygen atoms in total. The van der Waals surface area contributed by atoms with Crippen LogP contribution < -0.4 is 4.57 Å². The Kier molecular flexibility index (Phi) is 6.34. The van der Waals surface area contributed by atoms with Gasteiger partial charge in [-0.3, -0.25) is 0 Å². The predicted octanol–water partition coefficient (Wildman–Crippen LogP) is 1.68. The summed E-state index contributed by atoms with van der Waals surface area (Å²) < 4.78 is 9.77. The summed E-state index contributed by atoms with van der Waals surface area (Å²) in [4.78, 5) is 0. The summed E-state index contributed by atoms with van der Waals surface area (Å²) in [6.45, 7) is 7.55. The van der Waals surface area contributed by atoms with Crippen LogP contribution in [0.2, 0.25) is 0 Å². The van der Waals surface area contributed by atoms with Gasteiger partial charge in [-0.25, -0.2) is 9.13 Å². The molecule has 0 spiro atoms. The molecule has 1 heterocycles. The molecule has 1 rings (SSSR count). The molecular weight excluding hydrogens is 214 g/mol. The maximum atomic E-state index is 8.61. The van der Waals surface area contributed by atoms with Gasteiger partial charge in [-0.15, -0.1) is 0 Å². The Bertz CT molecular complexity index is 365. The van der Waals surface area contributed by atoms with Crippen molar-refractivity contribution in [3.63, 3.8) is 0 Å². The highest BCUT2D eigenvalue weighted by molar-refractivity contribution is 4.83. The number of rotatable bonds is 8. The maximum Gasteiger partial charge on any atom is 0.256 e. The van der Waals surface area contributed by atoms with Crippen LogP contribution in [0, 0.1) is 11.3 Å². The molecule has 0 aliphatic rings. The lowest BCUT2D eigenvalue weighted by Crippen LogP contribution is -2.36. The molecule has 0 fully saturated rings. The largest absolute Gasteiger partial charge is 0.382 e. The number of aryl methyl sites for hydroxylation is 2. The van der Waals surface area contributed by atoms with E-state index in [-0.39, 0.29) is 0 Å². The number of nitriles is 1. The minimum atomic E-state index is 0.570. The Morgan fingerprint density at radius 2 is 2.29 bits per heavy atom. The van der Waals surface area contributed by atoms with Gasteiger partial charge in [-0.2, -0.15) is 5.26 Å². The average molecular weight is 236 g/mol. The highest BCUT2D eigenvalue weighted by Gasteiger charge is 2.14. The molecule has 0 saturated heterocycles. The molecule has 1 aromatic heterocycles. The Hall–Kier alpha value is -1.34. The third-order valence-electron chi connectivity index (χ3n) is 2.76. The Labute approximate surface area is 103 Å². The van der Waals surface area contributed by atoms with Gasteiger partial charge in [0.15, 0.2) is 0 Å². The van der Waals surface area contributed by atoms with Gasteiger partial charge in [0.1, 0.15) is 18.9 Å². The molecule has 17 heavy (non-hydrogen) atoms. The van der Waals surface area contributed by atoms with Crippen molar-refractivity contribution in [3.05, 3.63) is 18.2 Å². The summed E-state index contributed by atoms with van der Waals surface area (Å²) in [7, 11) is 0. The second-order valence-corrected chi connectivity index (χ2v) is 3.91. The van der Waals surface area contributed by atoms with Crippen molar-refractivity contribution in [2.24, 2.45) is 0 Å². The monoisotopic (exact) mass is 236 g/mol. The number of hydrogen-bond donors (Lipinski definition) is 0. The van der Waals surface area contributed by atoms with Gasteiger partial charge >= 0.3 is 0 Å². The molecule has 0 aromatic carbocycles. The molecule has 0 unspecified atom stereocenters. The SMILES string of the molecule is CCOCCCn1cc[n+](CCC#N)c1CC. The second kappa shape index (κ2) is 7.86. The molecule has 0 aliphatic carbocycles. The van der Waals surface area contributed by atoms with Crippen molar-refractivity contribution < 1.29 is 9.30 Å². The van der Waals surface area contributed by atoms with E-state index in [4.69, 9.17) is 10.00 Å². The van der Waals surface area contributed by atoms with E-state index in [0.717, 1.165) is 39.1 Å². The molecular formula is C13H22N3O+. The van der Waals surface area contributed by atoms with Crippen molar-refractivity contribution in [2.45, 2.75) is 46.2 Å². The van der Waals surface area contributed by atoms with Crippen LogP contribution in [0.4, 0.5) is 0 Å². The van der Waals surface area contributed by atoms with Crippen molar-refractivity contribution in [2.75, 3.05) is 13.2 Å². The van der Waals surface area contributed by atoms with E-state index in [1.807, 2.05) is 6.92 Å². The third kappa shape index (κ3) is 4.20. The molecule has 0 bridgehead atoms. The number of aromatic nitrogens is 2. The maximum absolute atomic E-state index is 8.61. The van der Waals surface area contributed by atoms with Crippen molar-refractivity contribution in [1.29, 1.82) is 5.26 Å². The van der Waals surface area contributed by atoms with Gasteiger partial charge in [0.25, 0.3) is 5.82 Å². The van der Waals surface area contributed by atoms with Crippen LogP contribution in [0.25, 0.3) is 0 Å². The van der Waals surface area contributed by atoms with E-state index < -0.39 is 0 Å². The first-order chi connectivity index (χ1) is 8.33. The molecule has 0 saturated carbocycles. The Balaban J connectivity index is 2.54. The fraction of sp³-hybridized carbons (Fsp3) is 0.692. The summed E-state index contributed by atoms with van der Waals surface area (Å²) in [5.41, 5.74) is 0. The van der Waals surface area contributed by atoms with E-state index in [1.165, 1.54) is 5.82 Å². The topological polar surface area (TPSA) is 41.8 Å². The molecule has 0 aliphatic heterocycles. The van der Waals surface area contributed by atoms with E-state index >= 15 is 0 Å². The van der Waals surface area contributed by atoms with Crippen LogP contribution in [0.15, 0.2) is 12.4 Å². The third-order valence-corrected chi connectivity index (χ3v) is 2.76. The fourth-order valence-electron chi connectivity index (χ4n) is 1.96.